The maximum atomic E-state index is 12.0. The lowest BCUT2D eigenvalue weighted by atomic mass is 10.0. The molecule has 0 bridgehead atoms. The maximum absolute atomic E-state index is 12.0. The van der Waals surface area contributed by atoms with Crippen LogP contribution in [0.3, 0.4) is 0 Å². The highest BCUT2D eigenvalue weighted by molar-refractivity contribution is 7.86. The first-order valence-corrected chi connectivity index (χ1v) is 7.79. The van der Waals surface area contributed by atoms with Crippen molar-refractivity contribution in [3.8, 4) is 0 Å². The third kappa shape index (κ3) is 2.69. The third-order valence-corrected chi connectivity index (χ3v) is 4.81. The van der Waals surface area contributed by atoms with Gasteiger partial charge in [-0.3, -0.25) is 4.55 Å². The Labute approximate surface area is 119 Å². The van der Waals surface area contributed by atoms with Crippen molar-refractivity contribution in [2.75, 3.05) is 5.32 Å². The standard InChI is InChI=1S/C15H17NO3S/c1-2-15(20(17,18)19,13-9-5-3-6-10-13)16-14-11-7-4-8-12-14/h3-12,16H,2H2,1H3,(H,17,18,19). The molecule has 0 aliphatic carbocycles. The molecule has 0 saturated carbocycles. The zero-order valence-corrected chi connectivity index (χ0v) is 12.0. The van der Waals surface area contributed by atoms with E-state index in [0.717, 1.165) is 0 Å². The quantitative estimate of drug-likeness (QED) is 0.830. The topological polar surface area (TPSA) is 66.4 Å². The predicted octanol–water partition coefficient (Wildman–Crippen LogP) is 3.25. The van der Waals surface area contributed by atoms with E-state index in [1.165, 1.54) is 0 Å². The second-order valence-corrected chi connectivity index (χ2v) is 6.16. The summed E-state index contributed by atoms with van der Waals surface area (Å²) in [5.41, 5.74) is 1.14. The van der Waals surface area contributed by atoms with Crippen LogP contribution in [0.4, 0.5) is 5.69 Å². The first kappa shape index (κ1) is 14.6. The van der Waals surface area contributed by atoms with Gasteiger partial charge >= 0.3 is 0 Å². The molecule has 1 unspecified atom stereocenters. The highest BCUT2D eigenvalue weighted by Gasteiger charge is 2.43. The van der Waals surface area contributed by atoms with E-state index in [0.29, 0.717) is 11.3 Å². The van der Waals surface area contributed by atoms with Gasteiger partial charge in [-0.25, -0.2) is 0 Å². The monoisotopic (exact) mass is 291 g/mol. The van der Waals surface area contributed by atoms with Crippen LogP contribution in [0.1, 0.15) is 18.9 Å². The van der Waals surface area contributed by atoms with Crippen LogP contribution in [0.5, 0.6) is 0 Å². The van der Waals surface area contributed by atoms with Crippen molar-refractivity contribution >= 4 is 15.8 Å². The number of anilines is 1. The second kappa shape index (κ2) is 5.64. The zero-order chi connectivity index (χ0) is 14.6. The summed E-state index contributed by atoms with van der Waals surface area (Å²) in [6, 6.07) is 17.6. The molecular weight excluding hydrogens is 274 g/mol. The van der Waals surface area contributed by atoms with E-state index in [1.807, 2.05) is 6.07 Å². The van der Waals surface area contributed by atoms with Gasteiger partial charge in [0.05, 0.1) is 0 Å². The Bertz CT molecular complexity index is 656. The van der Waals surface area contributed by atoms with Crippen LogP contribution in [0.25, 0.3) is 0 Å². The van der Waals surface area contributed by atoms with Crippen LogP contribution in [0, 0.1) is 0 Å². The highest BCUT2D eigenvalue weighted by atomic mass is 32.2. The molecule has 0 saturated heterocycles. The smallest absolute Gasteiger partial charge is 0.293 e. The normalized spacial score (nSPS) is 14.5. The van der Waals surface area contributed by atoms with E-state index < -0.39 is 15.0 Å². The van der Waals surface area contributed by atoms with E-state index in [2.05, 4.69) is 5.32 Å². The van der Waals surface area contributed by atoms with Gasteiger partial charge < -0.3 is 5.32 Å². The van der Waals surface area contributed by atoms with Gasteiger partial charge in [0, 0.05) is 5.69 Å². The minimum atomic E-state index is -4.34. The van der Waals surface area contributed by atoms with Gasteiger partial charge in [0.1, 0.15) is 0 Å². The van der Waals surface area contributed by atoms with E-state index in [1.54, 1.807) is 61.5 Å². The third-order valence-electron chi connectivity index (χ3n) is 3.30. The summed E-state index contributed by atoms with van der Waals surface area (Å²) < 4.78 is 33.7. The van der Waals surface area contributed by atoms with Crippen LogP contribution in [-0.2, 0) is 15.0 Å². The summed E-state index contributed by atoms with van der Waals surface area (Å²) in [4.78, 5) is -1.55. The molecule has 1 atom stereocenters. The molecule has 0 spiro atoms. The van der Waals surface area contributed by atoms with Crippen LogP contribution >= 0.6 is 0 Å². The lowest BCUT2D eigenvalue weighted by Crippen LogP contribution is -2.42. The van der Waals surface area contributed by atoms with Crippen LogP contribution < -0.4 is 5.32 Å². The van der Waals surface area contributed by atoms with E-state index >= 15 is 0 Å². The molecule has 5 heteroatoms. The first-order valence-electron chi connectivity index (χ1n) is 6.35. The molecule has 0 heterocycles. The molecule has 0 radical (unpaired) electrons. The van der Waals surface area contributed by atoms with Gasteiger partial charge in [-0.1, -0.05) is 55.5 Å². The molecule has 2 rings (SSSR count). The molecule has 0 aliphatic heterocycles. The molecule has 20 heavy (non-hydrogen) atoms. The molecular formula is C15H17NO3S. The van der Waals surface area contributed by atoms with Crippen LogP contribution in [-0.4, -0.2) is 13.0 Å². The van der Waals surface area contributed by atoms with Crippen molar-refractivity contribution in [1.29, 1.82) is 0 Å². The van der Waals surface area contributed by atoms with Gasteiger partial charge in [-0.05, 0) is 24.1 Å². The lowest BCUT2D eigenvalue weighted by Gasteiger charge is -2.32. The van der Waals surface area contributed by atoms with Gasteiger partial charge in [0.15, 0.2) is 4.87 Å². The van der Waals surface area contributed by atoms with Crippen molar-refractivity contribution in [2.45, 2.75) is 18.2 Å². The number of hydrogen-bond donors (Lipinski definition) is 2. The molecule has 106 valence electrons. The summed E-state index contributed by atoms with van der Waals surface area (Å²) in [7, 11) is -4.34. The van der Waals surface area contributed by atoms with Crippen molar-refractivity contribution in [3.05, 3.63) is 66.2 Å². The number of hydrogen-bond acceptors (Lipinski definition) is 3. The van der Waals surface area contributed by atoms with Crippen LogP contribution in [0.2, 0.25) is 0 Å². The lowest BCUT2D eigenvalue weighted by molar-refractivity contribution is 0.435. The molecule has 2 aromatic carbocycles. The first-order chi connectivity index (χ1) is 9.49. The van der Waals surface area contributed by atoms with Crippen molar-refractivity contribution in [3.63, 3.8) is 0 Å². The maximum Gasteiger partial charge on any atom is 0.293 e. The molecule has 4 nitrogen and oxygen atoms in total. The van der Waals surface area contributed by atoms with E-state index in [9.17, 15) is 13.0 Å². The van der Waals surface area contributed by atoms with Crippen molar-refractivity contribution in [1.82, 2.24) is 0 Å². The number of nitrogens with one attached hydrogen (secondary N) is 1. The van der Waals surface area contributed by atoms with Crippen LogP contribution in [0.15, 0.2) is 60.7 Å². The highest BCUT2D eigenvalue weighted by Crippen LogP contribution is 2.34. The zero-order valence-electron chi connectivity index (χ0n) is 11.2. The van der Waals surface area contributed by atoms with E-state index in [-0.39, 0.29) is 6.42 Å². The molecule has 2 N–H and O–H groups in total. The molecule has 0 aliphatic rings. The fraction of sp³-hybridized carbons (Fsp3) is 0.200. The van der Waals surface area contributed by atoms with E-state index in [4.69, 9.17) is 0 Å². The Hall–Kier alpha value is -1.85. The summed E-state index contributed by atoms with van der Waals surface area (Å²) >= 11 is 0. The minimum Gasteiger partial charge on any atom is -0.361 e. The fourth-order valence-corrected chi connectivity index (χ4v) is 3.27. The minimum absolute atomic E-state index is 0.199. The van der Waals surface area contributed by atoms with Crippen molar-refractivity contribution < 1.29 is 13.0 Å². The van der Waals surface area contributed by atoms with Gasteiger partial charge in [0.25, 0.3) is 10.1 Å². The van der Waals surface area contributed by atoms with Gasteiger partial charge in [-0.15, -0.1) is 0 Å². The number of rotatable bonds is 5. The Balaban J connectivity index is 2.56. The Morgan fingerprint density at radius 2 is 1.50 bits per heavy atom. The number of benzene rings is 2. The Kier molecular flexibility index (Phi) is 4.11. The summed E-state index contributed by atoms with van der Waals surface area (Å²) in [5, 5.41) is 2.96. The fourth-order valence-electron chi connectivity index (χ4n) is 2.22. The summed E-state index contributed by atoms with van der Waals surface area (Å²) in [6.07, 6.45) is 0.199. The average Bonchev–Trinajstić information content (AvgIpc) is 2.45. The SMILES string of the molecule is CCC(Nc1ccccc1)(c1ccccc1)S(=O)(=O)O. The summed E-state index contributed by atoms with van der Waals surface area (Å²) in [6.45, 7) is 1.72. The largest absolute Gasteiger partial charge is 0.361 e. The Morgan fingerprint density at radius 3 is 1.95 bits per heavy atom. The second-order valence-electron chi connectivity index (χ2n) is 4.51. The predicted molar refractivity (Wildman–Crippen MR) is 80.0 cm³/mol. The summed E-state index contributed by atoms with van der Waals surface area (Å²) in [5.74, 6) is 0. The molecule has 2 aromatic rings. The van der Waals surface area contributed by atoms with Gasteiger partial charge in [-0.2, -0.15) is 8.42 Å². The van der Waals surface area contributed by atoms with Crippen molar-refractivity contribution in [2.24, 2.45) is 0 Å². The Morgan fingerprint density at radius 1 is 1.00 bits per heavy atom. The molecule has 0 amide bonds. The molecule has 0 fully saturated rings. The van der Waals surface area contributed by atoms with Gasteiger partial charge in [0.2, 0.25) is 0 Å². The average molecular weight is 291 g/mol. The molecule has 0 aromatic heterocycles. The number of para-hydroxylation sites is 1.